The standard InChI is InChI=1S/C12HF9O2/c13-2-1-3(5(15)6(16)4(2)14)22-23-12-10(20)8(18)7(17)9(19)11(12)21/h1H. The summed E-state index contributed by atoms with van der Waals surface area (Å²) in [5.41, 5.74) is 0. The third-order valence-corrected chi connectivity index (χ3v) is 2.45. The van der Waals surface area contributed by atoms with Gasteiger partial charge in [-0.05, 0) is 0 Å². The van der Waals surface area contributed by atoms with Crippen LogP contribution in [0.25, 0.3) is 0 Å². The van der Waals surface area contributed by atoms with E-state index in [2.05, 4.69) is 9.78 Å². The molecule has 2 rings (SSSR count). The highest BCUT2D eigenvalue weighted by Gasteiger charge is 2.29. The SMILES string of the molecule is Fc1cc(OOc2c(F)c(F)c(F)c(F)c2F)c(F)c(F)c1F. The predicted octanol–water partition coefficient (Wildman–Crippen LogP) is 4.31. The average molecular weight is 348 g/mol. The molecule has 0 aliphatic heterocycles. The van der Waals surface area contributed by atoms with Crippen molar-refractivity contribution in [3.05, 3.63) is 58.4 Å². The molecule has 2 aromatic carbocycles. The Kier molecular flexibility index (Phi) is 4.30. The highest BCUT2D eigenvalue weighted by molar-refractivity contribution is 5.31. The van der Waals surface area contributed by atoms with Gasteiger partial charge in [-0.3, -0.25) is 9.78 Å². The molecule has 0 radical (unpaired) electrons. The zero-order chi connectivity index (χ0) is 17.5. The summed E-state index contributed by atoms with van der Waals surface area (Å²) in [6.45, 7) is 0. The Hall–Kier alpha value is -2.59. The van der Waals surface area contributed by atoms with Crippen molar-refractivity contribution in [2.45, 2.75) is 0 Å². The molecule has 0 heterocycles. The van der Waals surface area contributed by atoms with Gasteiger partial charge in [-0.2, -0.15) is 13.2 Å². The minimum absolute atomic E-state index is 0.111. The molecule has 23 heavy (non-hydrogen) atoms. The first-order chi connectivity index (χ1) is 10.7. The van der Waals surface area contributed by atoms with Crippen LogP contribution in [0.15, 0.2) is 6.07 Å². The monoisotopic (exact) mass is 348 g/mol. The van der Waals surface area contributed by atoms with Crippen LogP contribution in [0.3, 0.4) is 0 Å². The van der Waals surface area contributed by atoms with Crippen molar-refractivity contribution in [3.8, 4) is 11.5 Å². The smallest absolute Gasteiger partial charge is 0.255 e. The number of rotatable bonds is 3. The van der Waals surface area contributed by atoms with E-state index in [0.717, 1.165) is 0 Å². The molecular formula is C12HF9O2. The van der Waals surface area contributed by atoms with Crippen LogP contribution in [0, 0.1) is 52.4 Å². The van der Waals surface area contributed by atoms with Gasteiger partial charge in [0.1, 0.15) is 0 Å². The quantitative estimate of drug-likeness (QED) is 0.271. The Morgan fingerprint density at radius 1 is 0.478 bits per heavy atom. The van der Waals surface area contributed by atoms with Gasteiger partial charge in [-0.15, -0.1) is 0 Å². The summed E-state index contributed by atoms with van der Waals surface area (Å²) in [7, 11) is 0. The van der Waals surface area contributed by atoms with E-state index in [-0.39, 0.29) is 6.07 Å². The summed E-state index contributed by atoms with van der Waals surface area (Å²) < 4.78 is 116. The third kappa shape index (κ3) is 2.73. The Bertz CT molecular complexity index is 762. The van der Waals surface area contributed by atoms with E-state index >= 15 is 0 Å². The van der Waals surface area contributed by atoms with Crippen LogP contribution >= 0.6 is 0 Å². The van der Waals surface area contributed by atoms with Crippen molar-refractivity contribution in [1.29, 1.82) is 0 Å². The van der Waals surface area contributed by atoms with Crippen molar-refractivity contribution in [3.63, 3.8) is 0 Å². The van der Waals surface area contributed by atoms with Crippen molar-refractivity contribution in [2.75, 3.05) is 0 Å². The number of halogens is 9. The van der Waals surface area contributed by atoms with Crippen LogP contribution in [-0.4, -0.2) is 0 Å². The van der Waals surface area contributed by atoms with Gasteiger partial charge in [0.25, 0.3) is 5.75 Å². The summed E-state index contributed by atoms with van der Waals surface area (Å²) >= 11 is 0. The fraction of sp³-hybridized carbons (Fsp3) is 0. The first-order valence-electron chi connectivity index (χ1n) is 5.35. The molecule has 0 bridgehead atoms. The van der Waals surface area contributed by atoms with Gasteiger partial charge in [0.15, 0.2) is 11.6 Å². The van der Waals surface area contributed by atoms with E-state index in [1.807, 2.05) is 0 Å². The Labute approximate surface area is 120 Å². The Balaban J connectivity index is 2.40. The van der Waals surface area contributed by atoms with E-state index in [9.17, 15) is 39.5 Å². The van der Waals surface area contributed by atoms with Gasteiger partial charge >= 0.3 is 0 Å². The Morgan fingerprint density at radius 3 is 1.43 bits per heavy atom. The lowest BCUT2D eigenvalue weighted by Gasteiger charge is -2.10. The third-order valence-electron chi connectivity index (χ3n) is 2.45. The topological polar surface area (TPSA) is 18.5 Å². The van der Waals surface area contributed by atoms with E-state index < -0.39 is 63.9 Å². The van der Waals surface area contributed by atoms with Gasteiger partial charge in [-0.25, -0.2) is 26.3 Å². The second kappa shape index (κ2) is 5.89. The van der Waals surface area contributed by atoms with Gasteiger partial charge in [0.05, 0.1) is 0 Å². The van der Waals surface area contributed by atoms with Gasteiger partial charge < -0.3 is 0 Å². The summed E-state index contributed by atoms with van der Waals surface area (Å²) in [5.74, 6) is -24.5. The van der Waals surface area contributed by atoms with Gasteiger partial charge in [0, 0.05) is 6.07 Å². The molecule has 11 heteroatoms. The molecule has 0 saturated carbocycles. The zero-order valence-corrected chi connectivity index (χ0v) is 10.3. The molecule has 0 spiro atoms. The van der Waals surface area contributed by atoms with Crippen molar-refractivity contribution in [2.24, 2.45) is 0 Å². The Morgan fingerprint density at radius 2 is 0.913 bits per heavy atom. The van der Waals surface area contributed by atoms with Gasteiger partial charge in [0.2, 0.25) is 46.5 Å². The molecule has 0 unspecified atom stereocenters. The summed E-state index contributed by atoms with van der Waals surface area (Å²) in [6.07, 6.45) is 0. The highest BCUT2D eigenvalue weighted by Crippen LogP contribution is 2.31. The maximum atomic E-state index is 13.2. The molecular weight excluding hydrogens is 347 g/mol. The van der Waals surface area contributed by atoms with Crippen LogP contribution in [0.2, 0.25) is 0 Å². The van der Waals surface area contributed by atoms with Crippen molar-refractivity contribution in [1.82, 2.24) is 0 Å². The van der Waals surface area contributed by atoms with Crippen LogP contribution in [0.5, 0.6) is 11.5 Å². The van der Waals surface area contributed by atoms with E-state index in [4.69, 9.17) is 0 Å². The van der Waals surface area contributed by atoms with Crippen LogP contribution < -0.4 is 9.78 Å². The largest absolute Gasteiger partial charge is 0.286 e. The lowest BCUT2D eigenvalue weighted by Crippen LogP contribution is -2.11. The van der Waals surface area contributed by atoms with E-state index in [0.29, 0.717) is 0 Å². The molecule has 0 saturated heterocycles. The van der Waals surface area contributed by atoms with Crippen LogP contribution in [0.1, 0.15) is 0 Å². The average Bonchev–Trinajstić information content (AvgIpc) is 2.53. The summed E-state index contributed by atoms with van der Waals surface area (Å²) in [6, 6.07) is -0.111. The zero-order valence-electron chi connectivity index (χ0n) is 10.3. The van der Waals surface area contributed by atoms with E-state index in [1.54, 1.807) is 0 Å². The molecule has 0 fully saturated rings. The fourth-order valence-electron chi connectivity index (χ4n) is 1.36. The lowest BCUT2D eigenvalue weighted by atomic mass is 10.3. The van der Waals surface area contributed by atoms with Gasteiger partial charge in [-0.1, -0.05) is 0 Å². The van der Waals surface area contributed by atoms with E-state index in [1.165, 1.54) is 0 Å². The summed E-state index contributed by atoms with van der Waals surface area (Å²) in [5, 5.41) is 0. The second-order valence-electron chi connectivity index (χ2n) is 3.86. The molecule has 0 N–H and O–H groups in total. The van der Waals surface area contributed by atoms with Crippen molar-refractivity contribution < 1.29 is 49.3 Å². The fourth-order valence-corrected chi connectivity index (χ4v) is 1.36. The number of hydrogen-bond donors (Lipinski definition) is 0. The maximum Gasteiger partial charge on any atom is 0.255 e. The van der Waals surface area contributed by atoms with Crippen molar-refractivity contribution >= 4 is 0 Å². The predicted molar refractivity (Wildman–Crippen MR) is 53.8 cm³/mol. The molecule has 0 amide bonds. The molecule has 0 atom stereocenters. The second-order valence-corrected chi connectivity index (χ2v) is 3.86. The normalized spacial score (nSPS) is 10.8. The van der Waals surface area contributed by atoms with Crippen LogP contribution in [-0.2, 0) is 0 Å². The highest BCUT2D eigenvalue weighted by atomic mass is 19.2. The van der Waals surface area contributed by atoms with Crippen LogP contribution in [0.4, 0.5) is 39.5 Å². The minimum atomic E-state index is -2.50. The molecule has 0 aliphatic rings. The molecule has 2 aromatic rings. The lowest BCUT2D eigenvalue weighted by molar-refractivity contribution is -0.111. The number of benzene rings is 2. The molecule has 124 valence electrons. The minimum Gasteiger partial charge on any atom is -0.286 e. The first-order valence-corrected chi connectivity index (χ1v) is 5.35. The summed E-state index contributed by atoms with van der Waals surface area (Å²) in [4.78, 5) is 7.50. The molecule has 2 nitrogen and oxygen atoms in total. The molecule has 0 aliphatic carbocycles. The maximum absolute atomic E-state index is 13.2. The molecule has 0 aromatic heterocycles. The number of hydrogen-bond acceptors (Lipinski definition) is 2. The first kappa shape index (κ1) is 16.8.